The Morgan fingerprint density at radius 3 is 2.54 bits per heavy atom. The van der Waals surface area contributed by atoms with E-state index in [1.54, 1.807) is 7.11 Å². The summed E-state index contributed by atoms with van der Waals surface area (Å²) in [6.45, 7) is 6.36. The van der Waals surface area contributed by atoms with Gasteiger partial charge in [-0.3, -0.25) is 4.79 Å². The number of amides is 1. The average molecular weight is 550 g/mol. The van der Waals surface area contributed by atoms with Crippen LogP contribution < -0.4 is 14.8 Å². The Balaban J connectivity index is 1.71. The van der Waals surface area contributed by atoms with Gasteiger partial charge in [-0.1, -0.05) is 62.0 Å². The highest BCUT2D eigenvalue weighted by molar-refractivity contribution is 8.16. The van der Waals surface area contributed by atoms with Crippen molar-refractivity contribution in [2.24, 2.45) is 4.99 Å². The Bertz CT molecular complexity index is 1300. The van der Waals surface area contributed by atoms with Gasteiger partial charge in [0.25, 0.3) is 0 Å². The predicted octanol–water partition coefficient (Wildman–Crippen LogP) is 5.72. The van der Waals surface area contributed by atoms with E-state index in [4.69, 9.17) is 19.2 Å². The number of amidine groups is 1. The number of methoxy groups -OCH3 is 2. The van der Waals surface area contributed by atoms with Gasteiger partial charge < -0.3 is 24.4 Å². The molecule has 2 heterocycles. The second-order valence-electron chi connectivity index (χ2n) is 9.34. The number of nitrogens with zero attached hydrogens (tertiary/aromatic N) is 2. The van der Waals surface area contributed by atoms with Crippen LogP contribution in [0.2, 0.25) is 0 Å². The molecule has 1 amide bonds. The van der Waals surface area contributed by atoms with Gasteiger partial charge in [-0.25, -0.2) is 9.79 Å². The van der Waals surface area contributed by atoms with Gasteiger partial charge in [0.1, 0.15) is 6.61 Å². The molecule has 4 rings (SSSR count). The number of rotatable bonds is 11. The zero-order valence-electron chi connectivity index (χ0n) is 23.0. The first-order valence-corrected chi connectivity index (χ1v) is 14.0. The molecule has 2 aliphatic heterocycles. The Morgan fingerprint density at radius 2 is 1.87 bits per heavy atom. The van der Waals surface area contributed by atoms with E-state index in [1.165, 1.54) is 18.9 Å². The lowest BCUT2D eigenvalue weighted by Gasteiger charge is -2.36. The average Bonchev–Trinajstić information content (AvgIpc) is 3.36. The molecule has 0 aliphatic carbocycles. The highest BCUT2D eigenvalue weighted by atomic mass is 32.2. The predicted molar refractivity (Wildman–Crippen MR) is 153 cm³/mol. The van der Waals surface area contributed by atoms with Gasteiger partial charge in [-0.05, 0) is 48.4 Å². The van der Waals surface area contributed by atoms with Crippen molar-refractivity contribution < 1.29 is 23.8 Å². The largest absolute Gasteiger partial charge is 0.493 e. The van der Waals surface area contributed by atoms with Crippen LogP contribution in [-0.4, -0.2) is 42.2 Å². The lowest BCUT2D eigenvalue weighted by Crippen LogP contribution is -2.39. The minimum atomic E-state index is -0.547. The molecule has 0 spiro atoms. The van der Waals surface area contributed by atoms with Crippen molar-refractivity contribution in [3.8, 4) is 11.5 Å². The van der Waals surface area contributed by atoms with Crippen molar-refractivity contribution in [1.82, 2.24) is 10.2 Å². The summed E-state index contributed by atoms with van der Waals surface area (Å²) in [5.74, 6) is 0.599. The minimum Gasteiger partial charge on any atom is -0.493 e. The summed E-state index contributed by atoms with van der Waals surface area (Å²) in [6, 6.07) is 15.1. The van der Waals surface area contributed by atoms with Crippen molar-refractivity contribution in [3.63, 3.8) is 0 Å². The number of carbonyl (C=O) groups excluding carboxylic acids is 2. The zero-order valence-corrected chi connectivity index (χ0v) is 23.8. The molecule has 0 saturated heterocycles. The number of thioether (sulfide) groups is 1. The van der Waals surface area contributed by atoms with Crippen molar-refractivity contribution in [3.05, 3.63) is 82.0 Å². The van der Waals surface area contributed by atoms with E-state index < -0.39 is 12.0 Å². The van der Waals surface area contributed by atoms with Gasteiger partial charge in [0.15, 0.2) is 16.7 Å². The summed E-state index contributed by atoms with van der Waals surface area (Å²) in [5, 5.41) is 5.69. The van der Waals surface area contributed by atoms with Gasteiger partial charge in [0.05, 0.1) is 38.0 Å². The lowest BCUT2D eigenvalue weighted by molar-refractivity contribution is -0.136. The SMILES string of the molecule is CCC1=C(C(=O)OC)C(c2ccc(OCc3ccccc3)c(OC)c2)N2C(CC(=O)NC(C)CC)=CSC2=N1. The fourth-order valence-corrected chi connectivity index (χ4v) is 5.47. The molecule has 2 aliphatic rings. The maximum Gasteiger partial charge on any atom is 0.338 e. The number of esters is 1. The van der Waals surface area contributed by atoms with E-state index in [0.717, 1.165) is 28.4 Å². The quantitative estimate of drug-likeness (QED) is 0.359. The van der Waals surface area contributed by atoms with E-state index in [1.807, 2.05) is 79.6 Å². The Labute approximate surface area is 234 Å². The summed E-state index contributed by atoms with van der Waals surface area (Å²) in [6.07, 6.45) is 1.56. The van der Waals surface area contributed by atoms with Gasteiger partial charge in [-0.15, -0.1) is 0 Å². The monoisotopic (exact) mass is 549 g/mol. The first-order chi connectivity index (χ1) is 18.9. The first-order valence-electron chi connectivity index (χ1n) is 13.1. The van der Waals surface area contributed by atoms with Crippen LogP contribution in [0.3, 0.4) is 0 Å². The van der Waals surface area contributed by atoms with E-state index >= 15 is 0 Å². The molecule has 2 aromatic carbocycles. The number of ether oxygens (including phenoxy) is 3. The molecule has 39 heavy (non-hydrogen) atoms. The fourth-order valence-electron chi connectivity index (χ4n) is 4.53. The van der Waals surface area contributed by atoms with Crippen molar-refractivity contribution in [1.29, 1.82) is 0 Å². The summed E-state index contributed by atoms with van der Waals surface area (Å²) in [5.41, 5.74) is 3.71. The number of carbonyl (C=O) groups is 2. The van der Waals surface area contributed by atoms with E-state index in [9.17, 15) is 9.59 Å². The van der Waals surface area contributed by atoms with Crippen LogP contribution in [0, 0.1) is 0 Å². The third-order valence-electron chi connectivity index (χ3n) is 6.73. The third-order valence-corrected chi connectivity index (χ3v) is 7.62. The van der Waals surface area contributed by atoms with Crippen molar-refractivity contribution >= 4 is 28.8 Å². The van der Waals surface area contributed by atoms with Crippen molar-refractivity contribution in [2.75, 3.05) is 14.2 Å². The Hall–Kier alpha value is -3.72. The van der Waals surface area contributed by atoms with Crippen LogP contribution in [0.15, 0.2) is 75.9 Å². The Kier molecular flexibility index (Phi) is 9.35. The molecule has 0 aromatic heterocycles. The molecule has 9 heteroatoms. The highest BCUT2D eigenvalue weighted by Gasteiger charge is 2.41. The topological polar surface area (TPSA) is 89.5 Å². The third kappa shape index (κ3) is 6.30. The summed E-state index contributed by atoms with van der Waals surface area (Å²) >= 11 is 1.45. The Morgan fingerprint density at radius 1 is 1.10 bits per heavy atom. The molecule has 206 valence electrons. The van der Waals surface area contributed by atoms with E-state index in [2.05, 4.69) is 5.32 Å². The normalized spacial score (nSPS) is 17.2. The molecule has 1 N–H and O–H groups in total. The van der Waals surface area contributed by atoms with Crippen LogP contribution in [-0.2, 0) is 20.9 Å². The maximum absolute atomic E-state index is 13.2. The molecule has 2 aromatic rings. The number of hydrogen-bond donors (Lipinski definition) is 1. The standard InChI is InChI=1S/C30H35N3O5S/c1-6-19(3)31-26(34)16-22-18-39-30-32-23(7-2)27(29(35)37-5)28(33(22)30)21-13-14-24(25(15-21)36-4)38-17-20-11-9-8-10-12-20/h8-15,18-19,28H,6-7,16-17H2,1-5H3,(H,31,34). The van der Waals surface area contributed by atoms with Crippen LogP contribution in [0.4, 0.5) is 0 Å². The van der Waals surface area contributed by atoms with E-state index in [-0.39, 0.29) is 18.4 Å². The molecule has 0 radical (unpaired) electrons. The molecule has 2 atom stereocenters. The lowest BCUT2D eigenvalue weighted by atomic mass is 9.92. The van der Waals surface area contributed by atoms with Crippen LogP contribution in [0.5, 0.6) is 11.5 Å². The molecule has 0 bridgehead atoms. The zero-order chi connectivity index (χ0) is 27.9. The van der Waals surface area contributed by atoms with Gasteiger partial charge in [0, 0.05) is 11.7 Å². The number of nitrogens with one attached hydrogen (secondary N) is 1. The first kappa shape index (κ1) is 28.3. The smallest absolute Gasteiger partial charge is 0.338 e. The van der Waals surface area contributed by atoms with E-state index in [0.29, 0.717) is 35.8 Å². The minimum absolute atomic E-state index is 0.0716. The molecule has 0 saturated carbocycles. The summed E-state index contributed by atoms with van der Waals surface area (Å²) in [7, 11) is 2.96. The number of hydrogen-bond acceptors (Lipinski definition) is 8. The van der Waals surface area contributed by atoms with Gasteiger partial charge in [-0.2, -0.15) is 0 Å². The number of benzene rings is 2. The number of aliphatic imine (C=N–C) groups is 1. The van der Waals surface area contributed by atoms with Crippen LogP contribution in [0.1, 0.15) is 57.2 Å². The number of allylic oxidation sites excluding steroid dienone is 1. The number of fused-ring (bicyclic) bond motifs is 1. The van der Waals surface area contributed by atoms with Gasteiger partial charge in [0.2, 0.25) is 5.91 Å². The summed E-state index contributed by atoms with van der Waals surface area (Å²) < 4.78 is 17.0. The maximum atomic E-state index is 13.2. The molecular weight excluding hydrogens is 514 g/mol. The molecule has 0 fully saturated rings. The second kappa shape index (κ2) is 12.9. The second-order valence-corrected chi connectivity index (χ2v) is 10.2. The fraction of sp³-hybridized carbons (Fsp3) is 0.367. The molecular formula is C30H35N3O5S. The molecule has 2 unspecified atom stereocenters. The van der Waals surface area contributed by atoms with Gasteiger partial charge >= 0.3 is 5.97 Å². The van der Waals surface area contributed by atoms with Crippen LogP contribution in [0.25, 0.3) is 0 Å². The summed E-state index contributed by atoms with van der Waals surface area (Å²) in [4.78, 5) is 32.8. The highest BCUT2D eigenvalue weighted by Crippen LogP contribution is 2.46. The van der Waals surface area contributed by atoms with Crippen LogP contribution >= 0.6 is 11.8 Å². The van der Waals surface area contributed by atoms with Crippen molar-refractivity contribution in [2.45, 2.75) is 58.7 Å². The molecule has 8 nitrogen and oxygen atoms in total.